The van der Waals surface area contributed by atoms with E-state index in [-0.39, 0.29) is 0 Å². The summed E-state index contributed by atoms with van der Waals surface area (Å²) >= 11 is 5.89. The largest absolute Gasteiger partial charge is 0.490 e. The quantitative estimate of drug-likeness (QED) is 0.733. The Morgan fingerprint density at radius 1 is 1.36 bits per heavy atom. The molecule has 1 atom stereocenters. The molecule has 28 heavy (non-hydrogen) atoms. The van der Waals surface area contributed by atoms with Gasteiger partial charge in [-0.05, 0) is 42.7 Å². The zero-order chi connectivity index (χ0) is 20.6. The zero-order valence-corrected chi connectivity index (χ0v) is 15.3. The van der Waals surface area contributed by atoms with Crippen LogP contribution in [0.2, 0.25) is 5.02 Å². The lowest BCUT2D eigenvalue weighted by molar-refractivity contribution is -0.192. The van der Waals surface area contributed by atoms with Crippen molar-refractivity contribution in [2.75, 3.05) is 13.2 Å². The summed E-state index contributed by atoms with van der Waals surface area (Å²) in [6.07, 6.45) is -2.74. The van der Waals surface area contributed by atoms with Gasteiger partial charge in [-0.3, -0.25) is 0 Å². The minimum absolute atomic E-state index is 0.290. The third-order valence-corrected chi connectivity index (χ3v) is 3.79. The molecule has 1 aliphatic heterocycles. The van der Waals surface area contributed by atoms with Gasteiger partial charge in [-0.15, -0.1) is 0 Å². The monoisotopic (exact) mass is 422 g/mol. The average Bonchev–Trinajstić information content (AvgIpc) is 3.30. The Labute approximate surface area is 163 Å². The van der Waals surface area contributed by atoms with Crippen LogP contribution in [0.1, 0.15) is 18.6 Å². The summed E-state index contributed by atoms with van der Waals surface area (Å²) in [5.74, 6) is -0.957. The maximum Gasteiger partial charge on any atom is 0.490 e. The first-order valence-electron chi connectivity index (χ1n) is 8.24. The number of hydrogen-bond acceptors (Lipinski definition) is 6. The number of carboxylic acids is 1. The molecule has 154 valence electrons. The maximum absolute atomic E-state index is 10.6. The molecule has 0 unspecified atom stereocenters. The summed E-state index contributed by atoms with van der Waals surface area (Å²) in [6.45, 7) is 1.96. The van der Waals surface area contributed by atoms with Gasteiger partial charge in [0.05, 0.1) is 0 Å². The predicted octanol–water partition coefficient (Wildman–Crippen LogP) is 3.67. The Morgan fingerprint density at radius 3 is 2.71 bits per heavy atom. The van der Waals surface area contributed by atoms with E-state index in [1.807, 2.05) is 12.1 Å². The summed E-state index contributed by atoms with van der Waals surface area (Å²) < 4.78 is 48.1. The van der Waals surface area contributed by atoms with Crippen LogP contribution in [0.3, 0.4) is 0 Å². The molecule has 0 spiro atoms. The van der Waals surface area contributed by atoms with E-state index < -0.39 is 12.1 Å². The lowest BCUT2D eigenvalue weighted by atomic mass is 10.2. The van der Waals surface area contributed by atoms with Gasteiger partial charge in [-0.1, -0.05) is 17.7 Å². The van der Waals surface area contributed by atoms with Crippen LogP contribution in [-0.4, -0.2) is 41.6 Å². The van der Waals surface area contributed by atoms with E-state index in [4.69, 9.17) is 35.5 Å². The van der Waals surface area contributed by atoms with Gasteiger partial charge in [0, 0.05) is 17.1 Å². The topological polar surface area (TPSA) is 93.8 Å². The smallest absolute Gasteiger partial charge is 0.485 e. The molecule has 2 heterocycles. The Bertz CT molecular complexity index is 763. The van der Waals surface area contributed by atoms with Crippen molar-refractivity contribution < 1.29 is 37.1 Å². The normalized spacial score (nSPS) is 16.2. The number of ether oxygens (including phenoxy) is 2. The molecular formula is C17H18ClF3N2O5. The van der Waals surface area contributed by atoms with Gasteiger partial charge in [-0.25, -0.2) is 4.79 Å². The molecule has 1 aromatic heterocycles. The van der Waals surface area contributed by atoms with Gasteiger partial charge in [0.15, 0.2) is 5.76 Å². The average molecular weight is 423 g/mol. The van der Waals surface area contributed by atoms with E-state index in [2.05, 4.69) is 10.5 Å². The van der Waals surface area contributed by atoms with Crippen LogP contribution in [0, 0.1) is 0 Å². The van der Waals surface area contributed by atoms with E-state index in [9.17, 15) is 13.2 Å². The fraction of sp³-hybridized carbons (Fsp3) is 0.412. The molecule has 1 fully saturated rings. The Morgan fingerprint density at radius 2 is 2.11 bits per heavy atom. The zero-order valence-electron chi connectivity index (χ0n) is 14.5. The molecule has 1 aromatic carbocycles. The number of carboxylic acid groups (broad SMARTS) is 1. The van der Waals surface area contributed by atoms with Gasteiger partial charge >= 0.3 is 12.1 Å². The number of carbonyl (C=O) groups is 1. The van der Waals surface area contributed by atoms with E-state index in [1.165, 1.54) is 6.42 Å². The SMILES string of the molecule is Clc1cccc(OCc2cc(OC[C@@H]3CCCN3)no2)c1.O=C(O)C(F)(F)F. The van der Waals surface area contributed by atoms with Crippen LogP contribution in [0.4, 0.5) is 13.2 Å². The molecule has 0 bridgehead atoms. The molecule has 1 saturated heterocycles. The predicted molar refractivity (Wildman–Crippen MR) is 92.5 cm³/mol. The Kier molecular flexibility index (Phi) is 7.94. The van der Waals surface area contributed by atoms with Gasteiger partial charge in [-0.2, -0.15) is 13.2 Å². The van der Waals surface area contributed by atoms with Crippen LogP contribution in [-0.2, 0) is 11.4 Å². The summed E-state index contributed by atoms with van der Waals surface area (Å²) in [4.78, 5) is 8.90. The number of rotatable bonds is 6. The molecule has 3 rings (SSSR count). The highest BCUT2D eigenvalue weighted by atomic mass is 35.5. The second-order valence-corrected chi connectivity index (χ2v) is 6.22. The lowest BCUT2D eigenvalue weighted by Gasteiger charge is -2.08. The van der Waals surface area contributed by atoms with Crippen LogP contribution < -0.4 is 14.8 Å². The highest BCUT2D eigenvalue weighted by Gasteiger charge is 2.38. The van der Waals surface area contributed by atoms with Crippen molar-refractivity contribution >= 4 is 17.6 Å². The van der Waals surface area contributed by atoms with Crippen molar-refractivity contribution in [1.82, 2.24) is 10.5 Å². The first-order chi connectivity index (χ1) is 13.2. The van der Waals surface area contributed by atoms with Crippen molar-refractivity contribution in [3.05, 3.63) is 41.1 Å². The molecule has 1 aliphatic rings. The molecule has 0 radical (unpaired) electrons. The van der Waals surface area contributed by atoms with Gasteiger partial charge in [0.25, 0.3) is 5.88 Å². The Hall–Kier alpha value is -2.46. The highest BCUT2D eigenvalue weighted by Crippen LogP contribution is 2.20. The summed E-state index contributed by atoms with van der Waals surface area (Å²) in [7, 11) is 0. The third-order valence-electron chi connectivity index (χ3n) is 3.55. The molecular weight excluding hydrogens is 405 g/mol. The van der Waals surface area contributed by atoms with Crippen LogP contribution in [0.5, 0.6) is 11.6 Å². The van der Waals surface area contributed by atoms with Crippen molar-refractivity contribution in [2.24, 2.45) is 0 Å². The Balaban J connectivity index is 0.000000345. The molecule has 7 nitrogen and oxygen atoms in total. The minimum Gasteiger partial charge on any atom is -0.485 e. The number of nitrogens with zero attached hydrogens (tertiary/aromatic N) is 1. The van der Waals surface area contributed by atoms with Crippen molar-refractivity contribution in [3.63, 3.8) is 0 Å². The molecule has 2 aromatic rings. The number of alkyl halides is 3. The molecule has 11 heteroatoms. The lowest BCUT2D eigenvalue weighted by Crippen LogP contribution is -2.28. The van der Waals surface area contributed by atoms with E-state index in [1.54, 1.807) is 18.2 Å². The number of nitrogens with one attached hydrogen (secondary N) is 1. The number of hydrogen-bond donors (Lipinski definition) is 2. The number of aromatic nitrogens is 1. The van der Waals surface area contributed by atoms with Crippen LogP contribution in [0.15, 0.2) is 34.9 Å². The van der Waals surface area contributed by atoms with Crippen molar-refractivity contribution in [3.8, 4) is 11.6 Å². The molecule has 2 N–H and O–H groups in total. The fourth-order valence-corrected chi connectivity index (χ4v) is 2.41. The number of aliphatic carboxylic acids is 1. The maximum atomic E-state index is 10.6. The standard InChI is InChI=1S/C15H17ClN2O3.C2HF3O2/c16-11-3-1-5-13(7-11)19-10-14-8-15(18-21-14)20-9-12-4-2-6-17-12;3-2(4,5)1(6)7/h1,3,5,7-8,12,17H,2,4,6,9-10H2;(H,6,7)/t12-;/m0./s1. The number of benzene rings is 1. The van der Waals surface area contributed by atoms with Crippen LogP contribution in [0.25, 0.3) is 0 Å². The first kappa shape index (κ1) is 21.8. The van der Waals surface area contributed by atoms with Gasteiger partial charge < -0.3 is 24.4 Å². The fourth-order valence-electron chi connectivity index (χ4n) is 2.23. The molecule has 0 aliphatic carbocycles. The van der Waals surface area contributed by atoms with Crippen LogP contribution >= 0.6 is 11.6 Å². The summed E-state index contributed by atoms with van der Waals surface area (Å²) in [6, 6.07) is 9.38. The second-order valence-electron chi connectivity index (χ2n) is 5.78. The number of halogens is 4. The third kappa shape index (κ3) is 7.65. The highest BCUT2D eigenvalue weighted by molar-refractivity contribution is 6.30. The molecule has 0 amide bonds. The summed E-state index contributed by atoms with van der Waals surface area (Å²) in [5.41, 5.74) is 0. The second kappa shape index (κ2) is 10.2. The van der Waals surface area contributed by atoms with Gasteiger partial charge in [0.1, 0.15) is 19.0 Å². The van der Waals surface area contributed by atoms with E-state index in [0.717, 1.165) is 13.0 Å². The minimum atomic E-state index is -5.08. The molecule has 0 saturated carbocycles. The van der Waals surface area contributed by atoms with Crippen molar-refractivity contribution in [1.29, 1.82) is 0 Å². The van der Waals surface area contributed by atoms with E-state index in [0.29, 0.717) is 41.7 Å². The van der Waals surface area contributed by atoms with Gasteiger partial charge in [0.2, 0.25) is 0 Å². The summed E-state index contributed by atoms with van der Waals surface area (Å²) in [5, 5.41) is 15.0. The van der Waals surface area contributed by atoms with E-state index >= 15 is 0 Å². The first-order valence-corrected chi connectivity index (χ1v) is 8.62. The van der Waals surface area contributed by atoms with Crippen molar-refractivity contribution in [2.45, 2.75) is 31.7 Å².